The minimum Gasteiger partial charge on any atom is -0.395 e. The van der Waals surface area contributed by atoms with Crippen molar-refractivity contribution in [3.05, 3.63) is 57.3 Å². The number of hydrogen-bond acceptors (Lipinski definition) is 3. The van der Waals surface area contributed by atoms with Gasteiger partial charge in [0.2, 0.25) is 10.0 Å². The van der Waals surface area contributed by atoms with Crippen molar-refractivity contribution in [1.82, 2.24) is 4.31 Å². The summed E-state index contributed by atoms with van der Waals surface area (Å²) in [7, 11) is -4.08. The monoisotopic (exact) mass is 434 g/mol. The number of nitrogen functional groups attached to an aromatic ring is 1. The molecule has 0 bridgehead atoms. The summed E-state index contributed by atoms with van der Waals surface area (Å²) in [4.78, 5) is -0.516. The highest BCUT2D eigenvalue weighted by atomic mass is 79.9. The Morgan fingerprint density at radius 2 is 1.92 bits per heavy atom. The second kappa shape index (κ2) is 7.82. The van der Waals surface area contributed by atoms with Gasteiger partial charge in [-0.2, -0.15) is 4.31 Å². The van der Waals surface area contributed by atoms with Gasteiger partial charge in [0.25, 0.3) is 0 Å². The van der Waals surface area contributed by atoms with Crippen molar-refractivity contribution in [3.63, 3.8) is 0 Å². The van der Waals surface area contributed by atoms with Crippen molar-refractivity contribution in [2.75, 3.05) is 12.3 Å². The van der Waals surface area contributed by atoms with Crippen LogP contribution in [0.25, 0.3) is 0 Å². The average Bonchev–Trinajstić information content (AvgIpc) is 2.56. The first-order chi connectivity index (χ1) is 11.3. The van der Waals surface area contributed by atoms with Gasteiger partial charge in [-0.3, -0.25) is 0 Å². The Bertz CT molecular complexity index is 832. The van der Waals surface area contributed by atoms with Crippen molar-refractivity contribution in [1.29, 1.82) is 0 Å². The first kappa shape index (κ1) is 19.2. The summed E-state index contributed by atoms with van der Waals surface area (Å²) in [6.07, 6.45) is 0.591. The van der Waals surface area contributed by atoms with Crippen LogP contribution in [0.2, 0.25) is 5.02 Å². The van der Waals surface area contributed by atoms with Crippen LogP contribution in [0.1, 0.15) is 18.9 Å². The molecule has 0 saturated heterocycles. The summed E-state index contributed by atoms with van der Waals surface area (Å²) < 4.78 is 41.7. The van der Waals surface area contributed by atoms with Gasteiger partial charge in [-0.1, -0.05) is 48.9 Å². The lowest BCUT2D eigenvalue weighted by Gasteiger charge is -2.22. The van der Waals surface area contributed by atoms with Crippen LogP contribution >= 0.6 is 27.5 Å². The number of nitrogens with two attached hydrogens (primary N) is 1. The van der Waals surface area contributed by atoms with E-state index in [1.807, 2.05) is 37.3 Å². The number of sulfonamides is 1. The molecule has 2 aromatic carbocycles. The molecule has 8 heteroatoms. The highest BCUT2D eigenvalue weighted by Gasteiger charge is 2.30. The fourth-order valence-electron chi connectivity index (χ4n) is 2.25. The Kier molecular flexibility index (Phi) is 6.25. The summed E-state index contributed by atoms with van der Waals surface area (Å²) in [5, 5.41) is 0.0450. The van der Waals surface area contributed by atoms with Gasteiger partial charge in [0, 0.05) is 13.1 Å². The Hall–Kier alpha value is -1.15. The van der Waals surface area contributed by atoms with E-state index >= 15 is 0 Å². The van der Waals surface area contributed by atoms with E-state index in [4.69, 9.17) is 17.3 Å². The quantitative estimate of drug-likeness (QED) is 0.539. The Labute approximate surface area is 154 Å². The minimum atomic E-state index is -4.08. The standard InChI is InChI=1S/C16H17BrClFN2O2S/c1-2-8-21(10-11-6-4-3-5-7-11)24(22,23)13-9-12(18)14(17)16(20)15(13)19/h3-7,9H,2,8,10,20H2,1H3. The van der Waals surface area contributed by atoms with Crippen LogP contribution in [-0.4, -0.2) is 19.3 Å². The molecule has 0 atom stereocenters. The maximum atomic E-state index is 14.5. The Morgan fingerprint density at radius 1 is 1.29 bits per heavy atom. The predicted molar refractivity (Wildman–Crippen MR) is 97.9 cm³/mol. The van der Waals surface area contributed by atoms with E-state index in [-0.39, 0.29) is 28.3 Å². The van der Waals surface area contributed by atoms with Gasteiger partial charge >= 0.3 is 0 Å². The number of benzene rings is 2. The summed E-state index contributed by atoms with van der Waals surface area (Å²) in [5.41, 5.74) is 6.11. The van der Waals surface area contributed by atoms with Gasteiger partial charge in [0.1, 0.15) is 4.90 Å². The van der Waals surface area contributed by atoms with E-state index in [1.54, 1.807) is 0 Å². The predicted octanol–water partition coefficient (Wildman–Crippen LogP) is 4.42. The Balaban J connectivity index is 2.49. The van der Waals surface area contributed by atoms with Crippen LogP contribution in [-0.2, 0) is 16.6 Å². The first-order valence-electron chi connectivity index (χ1n) is 7.26. The lowest BCUT2D eigenvalue weighted by Crippen LogP contribution is -2.32. The smallest absolute Gasteiger partial charge is 0.246 e. The third-order valence-electron chi connectivity index (χ3n) is 3.45. The molecule has 0 spiro atoms. The molecular formula is C16H17BrClFN2O2S. The molecule has 0 amide bonds. The molecule has 0 fully saturated rings. The van der Waals surface area contributed by atoms with Crippen LogP contribution in [0.3, 0.4) is 0 Å². The van der Waals surface area contributed by atoms with Crippen molar-refractivity contribution in [3.8, 4) is 0 Å². The minimum absolute atomic E-state index is 0.0450. The van der Waals surface area contributed by atoms with E-state index < -0.39 is 20.7 Å². The van der Waals surface area contributed by atoms with E-state index in [1.165, 1.54) is 4.31 Å². The van der Waals surface area contributed by atoms with Crippen LogP contribution in [0, 0.1) is 5.82 Å². The molecule has 0 saturated carbocycles. The van der Waals surface area contributed by atoms with Crippen molar-refractivity contribution in [2.45, 2.75) is 24.8 Å². The summed E-state index contributed by atoms with van der Waals surface area (Å²) >= 11 is 9.01. The molecule has 4 nitrogen and oxygen atoms in total. The zero-order valence-electron chi connectivity index (χ0n) is 13.0. The number of rotatable bonds is 6. The molecule has 0 unspecified atom stereocenters. The molecule has 0 radical (unpaired) electrons. The lowest BCUT2D eigenvalue weighted by atomic mass is 10.2. The summed E-state index contributed by atoms with van der Waals surface area (Å²) in [5.74, 6) is -1.000. The molecule has 2 N–H and O–H groups in total. The molecular weight excluding hydrogens is 419 g/mol. The van der Waals surface area contributed by atoms with Crippen molar-refractivity contribution < 1.29 is 12.8 Å². The molecule has 0 aliphatic carbocycles. The summed E-state index contributed by atoms with van der Waals surface area (Å²) in [6, 6.07) is 10.2. The zero-order chi connectivity index (χ0) is 17.9. The molecule has 0 heterocycles. The second-order valence-electron chi connectivity index (χ2n) is 5.22. The maximum absolute atomic E-state index is 14.5. The van der Waals surface area contributed by atoms with Gasteiger partial charge in [-0.15, -0.1) is 0 Å². The molecule has 2 rings (SSSR count). The second-order valence-corrected chi connectivity index (χ2v) is 8.33. The zero-order valence-corrected chi connectivity index (χ0v) is 16.1. The maximum Gasteiger partial charge on any atom is 0.246 e. The Morgan fingerprint density at radius 3 is 2.50 bits per heavy atom. The molecule has 0 aliphatic heterocycles. The number of halogens is 3. The van der Waals surface area contributed by atoms with E-state index in [9.17, 15) is 12.8 Å². The average molecular weight is 436 g/mol. The molecule has 130 valence electrons. The van der Waals surface area contributed by atoms with Crippen molar-refractivity contribution >= 4 is 43.2 Å². The van der Waals surface area contributed by atoms with Crippen LogP contribution < -0.4 is 5.73 Å². The number of anilines is 1. The number of hydrogen-bond donors (Lipinski definition) is 1. The van der Waals surface area contributed by atoms with E-state index in [0.29, 0.717) is 6.42 Å². The van der Waals surface area contributed by atoms with Crippen LogP contribution in [0.5, 0.6) is 0 Å². The lowest BCUT2D eigenvalue weighted by molar-refractivity contribution is 0.402. The topological polar surface area (TPSA) is 63.4 Å². The normalized spacial score (nSPS) is 11.9. The highest BCUT2D eigenvalue weighted by molar-refractivity contribution is 9.10. The highest BCUT2D eigenvalue weighted by Crippen LogP contribution is 2.36. The van der Waals surface area contributed by atoms with Gasteiger partial charge in [-0.25, -0.2) is 12.8 Å². The fraction of sp³-hybridized carbons (Fsp3) is 0.250. The molecule has 0 aromatic heterocycles. The first-order valence-corrected chi connectivity index (χ1v) is 9.87. The van der Waals surface area contributed by atoms with Gasteiger partial charge in [0.15, 0.2) is 5.82 Å². The van der Waals surface area contributed by atoms with E-state index in [2.05, 4.69) is 15.9 Å². The molecule has 24 heavy (non-hydrogen) atoms. The largest absolute Gasteiger partial charge is 0.395 e. The van der Waals surface area contributed by atoms with Crippen LogP contribution in [0.4, 0.5) is 10.1 Å². The third-order valence-corrected chi connectivity index (χ3v) is 6.67. The molecule has 2 aromatic rings. The van der Waals surface area contributed by atoms with Gasteiger partial charge in [-0.05, 0) is 34.0 Å². The van der Waals surface area contributed by atoms with Gasteiger partial charge < -0.3 is 5.73 Å². The third kappa shape index (κ3) is 3.91. The van der Waals surface area contributed by atoms with E-state index in [0.717, 1.165) is 11.6 Å². The number of nitrogens with zero attached hydrogens (tertiary/aromatic N) is 1. The van der Waals surface area contributed by atoms with Crippen LogP contribution in [0.15, 0.2) is 45.8 Å². The van der Waals surface area contributed by atoms with Crippen molar-refractivity contribution in [2.24, 2.45) is 0 Å². The molecule has 0 aliphatic rings. The summed E-state index contributed by atoms with van der Waals surface area (Å²) in [6.45, 7) is 2.25. The van der Waals surface area contributed by atoms with Gasteiger partial charge in [0.05, 0.1) is 15.2 Å². The fourth-order valence-corrected chi connectivity index (χ4v) is 4.43. The SMILES string of the molecule is CCCN(Cc1ccccc1)S(=O)(=O)c1cc(Cl)c(Br)c(N)c1F.